The van der Waals surface area contributed by atoms with Gasteiger partial charge in [-0.3, -0.25) is 0 Å². The quantitative estimate of drug-likeness (QED) is 0.885. The van der Waals surface area contributed by atoms with Gasteiger partial charge in [-0.05, 0) is 36.8 Å². The van der Waals surface area contributed by atoms with E-state index in [1.54, 1.807) is 0 Å². The molecular formula is C19H30N2. The summed E-state index contributed by atoms with van der Waals surface area (Å²) in [7, 11) is 0. The van der Waals surface area contributed by atoms with Gasteiger partial charge in [0.05, 0.1) is 0 Å². The first kappa shape index (κ1) is 14.9. The predicted molar refractivity (Wildman–Crippen MR) is 90.8 cm³/mol. The Morgan fingerprint density at radius 1 is 1.14 bits per heavy atom. The van der Waals surface area contributed by atoms with Gasteiger partial charge in [0, 0.05) is 31.4 Å². The first-order valence-corrected chi connectivity index (χ1v) is 8.94. The van der Waals surface area contributed by atoms with Crippen molar-refractivity contribution >= 4 is 5.69 Å². The molecule has 0 aromatic heterocycles. The van der Waals surface area contributed by atoms with Crippen LogP contribution < -0.4 is 10.2 Å². The van der Waals surface area contributed by atoms with Gasteiger partial charge in [0.2, 0.25) is 0 Å². The van der Waals surface area contributed by atoms with E-state index in [0.717, 1.165) is 12.5 Å². The van der Waals surface area contributed by atoms with Crippen LogP contribution in [0.5, 0.6) is 0 Å². The first-order valence-electron chi connectivity index (χ1n) is 8.94. The molecular weight excluding hydrogens is 256 g/mol. The molecule has 1 aromatic rings. The number of benzene rings is 1. The van der Waals surface area contributed by atoms with Crippen molar-refractivity contribution in [1.82, 2.24) is 5.32 Å². The third kappa shape index (κ3) is 3.60. The number of anilines is 1. The monoisotopic (exact) mass is 286 g/mol. The molecule has 0 radical (unpaired) electrons. The fraction of sp³-hybridized carbons (Fsp3) is 0.684. The Balaban J connectivity index is 1.76. The van der Waals surface area contributed by atoms with Crippen molar-refractivity contribution in [3.8, 4) is 0 Å². The van der Waals surface area contributed by atoms with Crippen molar-refractivity contribution in [2.24, 2.45) is 5.92 Å². The van der Waals surface area contributed by atoms with Crippen LogP contribution in [0, 0.1) is 5.92 Å². The zero-order chi connectivity index (χ0) is 14.5. The number of hydrogen-bond donors (Lipinski definition) is 1. The molecule has 116 valence electrons. The Labute approximate surface area is 129 Å². The highest BCUT2D eigenvalue weighted by molar-refractivity contribution is 5.54. The topological polar surface area (TPSA) is 15.3 Å². The second-order valence-electron chi connectivity index (χ2n) is 6.81. The molecule has 2 aliphatic rings. The van der Waals surface area contributed by atoms with Crippen LogP contribution in [0.15, 0.2) is 24.3 Å². The fourth-order valence-electron chi connectivity index (χ4n) is 4.02. The Morgan fingerprint density at radius 3 is 2.76 bits per heavy atom. The lowest BCUT2D eigenvalue weighted by Gasteiger charge is -2.34. The van der Waals surface area contributed by atoms with Crippen LogP contribution in [0.3, 0.4) is 0 Å². The minimum Gasteiger partial charge on any atom is -0.370 e. The van der Waals surface area contributed by atoms with Gasteiger partial charge >= 0.3 is 0 Å². The maximum atomic E-state index is 3.87. The molecule has 2 nitrogen and oxygen atoms in total. The molecule has 3 rings (SSSR count). The van der Waals surface area contributed by atoms with Crippen LogP contribution >= 0.6 is 0 Å². The molecule has 1 unspecified atom stereocenters. The van der Waals surface area contributed by atoms with E-state index < -0.39 is 0 Å². The van der Waals surface area contributed by atoms with Gasteiger partial charge in [0.1, 0.15) is 0 Å². The molecule has 1 atom stereocenters. The summed E-state index contributed by atoms with van der Waals surface area (Å²) in [4.78, 5) is 2.65. The minimum atomic E-state index is 0.676. The maximum absolute atomic E-state index is 3.87. The molecule has 0 saturated heterocycles. The van der Waals surface area contributed by atoms with Crippen LogP contribution in [0.25, 0.3) is 0 Å². The van der Waals surface area contributed by atoms with Crippen molar-refractivity contribution in [2.45, 2.75) is 64.5 Å². The summed E-state index contributed by atoms with van der Waals surface area (Å²) in [5.41, 5.74) is 2.95. The van der Waals surface area contributed by atoms with Crippen molar-refractivity contribution < 1.29 is 0 Å². The van der Waals surface area contributed by atoms with E-state index in [-0.39, 0.29) is 0 Å². The van der Waals surface area contributed by atoms with E-state index in [1.807, 2.05) is 0 Å². The van der Waals surface area contributed by atoms with Crippen LogP contribution in [0.4, 0.5) is 5.69 Å². The summed E-state index contributed by atoms with van der Waals surface area (Å²) in [5.74, 6) is 0.886. The number of nitrogens with zero attached hydrogens (tertiary/aromatic N) is 1. The Hall–Kier alpha value is -1.02. The van der Waals surface area contributed by atoms with Gasteiger partial charge in [-0.15, -0.1) is 0 Å². The average Bonchev–Trinajstić information content (AvgIpc) is 2.74. The SMILES string of the molecule is CCCCN1CC(C2CCCCC2)NCc2ccccc21. The normalized spacial score (nSPS) is 23.7. The molecule has 0 bridgehead atoms. The standard InChI is InChI=1S/C19H30N2/c1-2-3-13-21-15-18(16-9-5-4-6-10-16)20-14-17-11-7-8-12-19(17)21/h7-8,11-12,16,18,20H,2-6,9-10,13-15H2,1H3. The second-order valence-corrected chi connectivity index (χ2v) is 6.81. The lowest BCUT2D eigenvalue weighted by atomic mass is 9.83. The minimum absolute atomic E-state index is 0.676. The average molecular weight is 286 g/mol. The molecule has 21 heavy (non-hydrogen) atoms. The molecule has 1 saturated carbocycles. The lowest BCUT2D eigenvalue weighted by Crippen LogP contribution is -2.44. The maximum Gasteiger partial charge on any atom is 0.0412 e. The highest BCUT2D eigenvalue weighted by Crippen LogP contribution is 2.31. The second kappa shape index (κ2) is 7.31. The zero-order valence-corrected chi connectivity index (χ0v) is 13.5. The lowest BCUT2D eigenvalue weighted by molar-refractivity contribution is 0.271. The van der Waals surface area contributed by atoms with Crippen LogP contribution in [-0.4, -0.2) is 19.1 Å². The Kier molecular flexibility index (Phi) is 5.18. The molecule has 1 N–H and O–H groups in total. The molecule has 2 heteroatoms. The molecule has 0 spiro atoms. The number of rotatable bonds is 4. The smallest absolute Gasteiger partial charge is 0.0412 e. The summed E-state index contributed by atoms with van der Waals surface area (Å²) in [6.45, 7) is 5.74. The van der Waals surface area contributed by atoms with E-state index in [1.165, 1.54) is 69.3 Å². The van der Waals surface area contributed by atoms with Gasteiger partial charge in [-0.25, -0.2) is 0 Å². The van der Waals surface area contributed by atoms with Crippen molar-refractivity contribution in [1.29, 1.82) is 0 Å². The highest BCUT2D eigenvalue weighted by atomic mass is 15.2. The van der Waals surface area contributed by atoms with E-state index in [0.29, 0.717) is 6.04 Å². The van der Waals surface area contributed by atoms with E-state index in [2.05, 4.69) is 41.4 Å². The summed E-state index contributed by atoms with van der Waals surface area (Å²) < 4.78 is 0. The highest BCUT2D eigenvalue weighted by Gasteiger charge is 2.28. The summed E-state index contributed by atoms with van der Waals surface area (Å²) >= 11 is 0. The number of nitrogens with one attached hydrogen (secondary N) is 1. The van der Waals surface area contributed by atoms with Gasteiger partial charge in [-0.2, -0.15) is 0 Å². The van der Waals surface area contributed by atoms with Crippen molar-refractivity contribution in [3.05, 3.63) is 29.8 Å². The van der Waals surface area contributed by atoms with Gasteiger partial charge in [-0.1, -0.05) is 50.8 Å². The van der Waals surface area contributed by atoms with Crippen molar-refractivity contribution in [2.75, 3.05) is 18.0 Å². The largest absolute Gasteiger partial charge is 0.370 e. The van der Waals surface area contributed by atoms with E-state index in [4.69, 9.17) is 0 Å². The van der Waals surface area contributed by atoms with Crippen LogP contribution in [0.1, 0.15) is 57.4 Å². The zero-order valence-electron chi connectivity index (χ0n) is 13.5. The Bertz CT molecular complexity index is 437. The van der Waals surface area contributed by atoms with Crippen LogP contribution in [0.2, 0.25) is 0 Å². The number of unbranched alkanes of at least 4 members (excludes halogenated alkanes) is 1. The molecule has 1 fully saturated rings. The van der Waals surface area contributed by atoms with Gasteiger partial charge in [0.25, 0.3) is 0 Å². The third-order valence-electron chi connectivity index (χ3n) is 5.30. The van der Waals surface area contributed by atoms with Crippen LogP contribution in [-0.2, 0) is 6.54 Å². The van der Waals surface area contributed by atoms with Gasteiger partial charge < -0.3 is 10.2 Å². The number of para-hydroxylation sites is 1. The summed E-state index contributed by atoms with van der Waals surface area (Å²) in [5, 5.41) is 3.87. The van der Waals surface area contributed by atoms with E-state index >= 15 is 0 Å². The molecule has 1 heterocycles. The Morgan fingerprint density at radius 2 is 1.95 bits per heavy atom. The number of hydrogen-bond acceptors (Lipinski definition) is 2. The molecule has 1 aliphatic carbocycles. The van der Waals surface area contributed by atoms with Gasteiger partial charge in [0.15, 0.2) is 0 Å². The number of fused-ring (bicyclic) bond motifs is 1. The fourth-order valence-corrected chi connectivity index (χ4v) is 4.02. The molecule has 0 amide bonds. The molecule has 1 aromatic carbocycles. The predicted octanol–water partition coefficient (Wildman–Crippen LogP) is 4.35. The first-order chi connectivity index (χ1) is 10.4. The van der Waals surface area contributed by atoms with Crippen molar-refractivity contribution in [3.63, 3.8) is 0 Å². The molecule has 1 aliphatic heterocycles. The third-order valence-corrected chi connectivity index (χ3v) is 5.30. The summed E-state index contributed by atoms with van der Waals surface area (Å²) in [6, 6.07) is 9.66. The van der Waals surface area contributed by atoms with E-state index in [9.17, 15) is 0 Å². The summed E-state index contributed by atoms with van der Waals surface area (Å²) in [6.07, 6.45) is 9.75.